The molecule has 5 heteroatoms. The van der Waals surface area contributed by atoms with Crippen LogP contribution in [-0.2, 0) is 0 Å². The number of hydrogen-bond donors (Lipinski definition) is 1. The van der Waals surface area contributed by atoms with Gasteiger partial charge in [-0.3, -0.25) is 9.36 Å². The summed E-state index contributed by atoms with van der Waals surface area (Å²) < 4.78 is 1.89. The second kappa shape index (κ2) is 6.65. The molecular weight excluding hydrogens is 308 g/mol. The molecule has 1 aromatic heterocycles. The monoisotopic (exact) mass is 332 g/mol. The van der Waals surface area contributed by atoms with E-state index in [1.165, 1.54) is 31.0 Å². The Morgan fingerprint density at radius 1 is 1.26 bits per heavy atom. The lowest BCUT2D eigenvalue weighted by atomic mass is 9.95. The van der Waals surface area contributed by atoms with E-state index in [0.717, 1.165) is 23.5 Å². The molecule has 0 aliphatic heterocycles. The van der Waals surface area contributed by atoms with E-state index < -0.39 is 5.60 Å². The molecule has 3 rings (SSSR count). The van der Waals surface area contributed by atoms with Crippen molar-refractivity contribution in [2.45, 2.75) is 62.8 Å². The third-order valence-corrected chi connectivity index (χ3v) is 5.67. The van der Waals surface area contributed by atoms with Crippen molar-refractivity contribution in [3.63, 3.8) is 0 Å². The summed E-state index contributed by atoms with van der Waals surface area (Å²) in [6.45, 7) is 3.56. The van der Waals surface area contributed by atoms with Crippen LogP contribution in [0.5, 0.6) is 0 Å². The van der Waals surface area contributed by atoms with E-state index in [2.05, 4.69) is 0 Å². The van der Waals surface area contributed by atoms with Crippen molar-refractivity contribution in [2.24, 2.45) is 0 Å². The van der Waals surface area contributed by atoms with Gasteiger partial charge in [0.15, 0.2) is 5.16 Å². The summed E-state index contributed by atoms with van der Waals surface area (Å²) in [5.74, 6) is 0.518. The van der Waals surface area contributed by atoms with Gasteiger partial charge >= 0.3 is 0 Å². The molecule has 1 aliphatic rings. The molecule has 1 aromatic carbocycles. The first-order valence-electron chi connectivity index (χ1n) is 8.32. The summed E-state index contributed by atoms with van der Waals surface area (Å²) in [5, 5.41) is 11.5. The van der Waals surface area contributed by atoms with Gasteiger partial charge in [0.25, 0.3) is 5.56 Å². The minimum atomic E-state index is -0.786. The summed E-state index contributed by atoms with van der Waals surface area (Å²) >= 11 is 1.48. The zero-order valence-corrected chi connectivity index (χ0v) is 14.6. The zero-order valence-electron chi connectivity index (χ0n) is 13.8. The van der Waals surface area contributed by atoms with E-state index in [-0.39, 0.29) is 11.6 Å². The van der Waals surface area contributed by atoms with Gasteiger partial charge < -0.3 is 5.11 Å². The van der Waals surface area contributed by atoms with Gasteiger partial charge in [0.1, 0.15) is 0 Å². The van der Waals surface area contributed by atoms with Gasteiger partial charge in [0, 0.05) is 11.8 Å². The summed E-state index contributed by atoms with van der Waals surface area (Å²) in [7, 11) is 0. The summed E-state index contributed by atoms with van der Waals surface area (Å²) in [6, 6.07) is 7.77. The van der Waals surface area contributed by atoms with E-state index in [0.29, 0.717) is 11.1 Å². The second-order valence-electron chi connectivity index (χ2n) is 6.98. The normalized spacial score (nSPS) is 16.8. The Morgan fingerprint density at radius 2 is 1.96 bits per heavy atom. The van der Waals surface area contributed by atoms with E-state index in [1.807, 2.05) is 28.8 Å². The lowest BCUT2D eigenvalue weighted by Crippen LogP contribution is -2.30. The molecular formula is C18H24N2O2S. The van der Waals surface area contributed by atoms with E-state index >= 15 is 0 Å². The molecule has 23 heavy (non-hydrogen) atoms. The molecule has 1 fully saturated rings. The topological polar surface area (TPSA) is 55.1 Å². The molecule has 124 valence electrons. The van der Waals surface area contributed by atoms with Crippen LogP contribution in [0.25, 0.3) is 10.9 Å². The predicted octanol–water partition coefficient (Wildman–Crippen LogP) is 3.76. The van der Waals surface area contributed by atoms with Crippen molar-refractivity contribution in [1.82, 2.24) is 9.55 Å². The summed E-state index contributed by atoms with van der Waals surface area (Å²) in [5.41, 5.74) is 0.00868. The van der Waals surface area contributed by atoms with Gasteiger partial charge in [-0.05, 0) is 38.8 Å². The highest BCUT2D eigenvalue weighted by Gasteiger charge is 2.23. The first kappa shape index (κ1) is 16.5. The molecule has 0 saturated heterocycles. The van der Waals surface area contributed by atoms with E-state index in [4.69, 9.17) is 4.98 Å². The first-order chi connectivity index (χ1) is 11.0. The minimum absolute atomic E-state index is 0.0562. The number of para-hydroxylation sites is 1. The van der Waals surface area contributed by atoms with E-state index in [9.17, 15) is 9.90 Å². The number of thioether (sulfide) groups is 1. The van der Waals surface area contributed by atoms with Crippen LogP contribution in [0, 0.1) is 0 Å². The third-order valence-electron chi connectivity index (χ3n) is 4.27. The number of fused-ring (bicyclic) bond motifs is 1. The van der Waals surface area contributed by atoms with Crippen LogP contribution in [0.15, 0.2) is 34.2 Å². The summed E-state index contributed by atoms with van der Waals surface area (Å²) in [4.78, 5) is 17.7. The molecule has 4 nitrogen and oxygen atoms in total. The first-order valence-corrected chi connectivity index (χ1v) is 9.31. The van der Waals surface area contributed by atoms with E-state index in [1.54, 1.807) is 13.8 Å². The molecule has 0 unspecified atom stereocenters. The highest BCUT2D eigenvalue weighted by molar-refractivity contribution is 7.99. The number of nitrogens with zero attached hydrogens (tertiary/aromatic N) is 2. The smallest absolute Gasteiger partial charge is 0.262 e. The molecule has 1 N–H and O–H groups in total. The van der Waals surface area contributed by atoms with Gasteiger partial charge in [0.05, 0.1) is 16.5 Å². The fourth-order valence-electron chi connectivity index (χ4n) is 3.13. The van der Waals surface area contributed by atoms with Crippen molar-refractivity contribution in [3.05, 3.63) is 34.6 Å². The Kier molecular flexibility index (Phi) is 4.78. The Balaban J connectivity index is 2.08. The Bertz CT molecular complexity index is 743. The van der Waals surface area contributed by atoms with Crippen LogP contribution in [-0.4, -0.2) is 26.0 Å². The standard InChI is InChI=1S/C18H24N2O2S/c1-18(2,22)12-23-17-19-15-11-7-6-10-14(15)16(21)20(17)13-8-4-3-5-9-13/h6-7,10-11,13,22H,3-5,8-9,12H2,1-2H3. The second-order valence-corrected chi connectivity index (χ2v) is 7.92. The number of hydrogen-bond acceptors (Lipinski definition) is 4. The van der Waals surface area contributed by atoms with Crippen molar-refractivity contribution in [2.75, 3.05) is 5.75 Å². The predicted molar refractivity (Wildman–Crippen MR) is 95.1 cm³/mol. The fourth-order valence-corrected chi connectivity index (χ4v) is 4.15. The highest BCUT2D eigenvalue weighted by Crippen LogP contribution is 2.31. The van der Waals surface area contributed by atoms with Gasteiger partial charge in [-0.25, -0.2) is 4.98 Å². The van der Waals surface area contributed by atoms with Gasteiger partial charge in [-0.1, -0.05) is 43.2 Å². The number of rotatable bonds is 4. The van der Waals surface area contributed by atoms with Crippen molar-refractivity contribution in [3.8, 4) is 0 Å². The lowest BCUT2D eigenvalue weighted by Gasteiger charge is -2.27. The molecule has 1 heterocycles. The van der Waals surface area contributed by atoms with Crippen molar-refractivity contribution < 1.29 is 5.11 Å². The average Bonchev–Trinajstić information content (AvgIpc) is 2.53. The molecule has 0 amide bonds. The Labute approximate surface area is 140 Å². The Hall–Kier alpha value is -1.33. The van der Waals surface area contributed by atoms with Crippen LogP contribution >= 0.6 is 11.8 Å². The largest absolute Gasteiger partial charge is 0.390 e. The average molecular weight is 332 g/mol. The third kappa shape index (κ3) is 3.78. The SMILES string of the molecule is CC(C)(O)CSc1nc2ccccc2c(=O)n1C1CCCCC1. The summed E-state index contributed by atoms with van der Waals surface area (Å²) in [6.07, 6.45) is 5.66. The quantitative estimate of drug-likeness (QED) is 0.684. The van der Waals surface area contributed by atoms with Crippen molar-refractivity contribution in [1.29, 1.82) is 0 Å². The molecule has 1 saturated carbocycles. The number of aromatic nitrogens is 2. The lowest BCUT2D eigenvalue weighted by molar-refractivity contribution is 0.107. The molecule has 0 atom stereocenters. The minimum Gasteiger partial charge on any atom is -0.390 e. The van der Waals surface area contributed by atoms with Gasteiger partial charge in [0.2, 0.25) is 0 Å². The number of benzene rings is 1. The van der Waals surface area contributed by atoms with Crippen LogP contribution in [0.2, 0.25) is 0 Å². The van der Waals surface area contributed by atoms with Crippen LogP contribution in [0.3, 0.4) is 0 Å². The molecule has 1 aliphatic carbocycles. The number of aliphatic hydroxyl groups is 1. The van der Waals surface area contributed by atoms with Crippen LogP contribution in [0.4, 0.5) is 0 Å². The maximum atomic E-state index is 13.0. The zero-order chi connectivity index (χ0) is 16.4. The molecule has 2 aromatic rings. The maximum absolute atomic E-state index is 13.0. The maximum Gasteiger partial charge on any atom is 0.262 e. The molecule has 0 spiro atoms. The molecule has 0 radical (unpaired) electrons. The van der Waals surface area contributed by atoms with Crippen LogP contribution in [0.1, 0.15) is 52.0 Å². The fraction of sp³-hybridized carbons (Fsp3) is 0.556. The molecule has 0 bridgehead atoms. The van der Waals surface area contributed by atoms with Gasteiger partial charge in [-0.2, -0.15) is 0 Å². The van der Waals surface area contributed by atoms with Gasteiger partial charge in [-0.15, -0.1) is 0 Å². The highest BCUT2D eigenvalue weighted by atomic mass is 32.2. The van der Waals surface area contributed by atoms with Crippen LogP contribution < -0.4 is 5.56 Å². The Morgan fingerprint density at radius 3 is 2.65 bits per heavy atom. The van der Waals surface area contributed by atoms with Crippen molar-refractivity contribution >= 4 is 22.7 Å².